The molecule has 2 atom stereocenters. The Morgan fingerprint density at radius 2 is 2.36 bits per heavy atom. The summed E-state index contributed by atoms with van der Waals surface area (Å²) in [6.45, 7) is 2.20. The minimum atomic E-state index is -0.274. The summed E-state index contributed by atoms with van der Waals surface area (Å²) in [5.41, 5.74) is 0. The van der Waals surface area contributed by atoms with Crippen molar-refractivity contribution < 1.29 is 4.79 Å². The van der Waals surface area contributed by atoms with E-state index in [1.165, 1.54) is 6.42 Å². The zero-order valence-electron chi connectivity index (χ0n) is 6.76. The van der Waals surface area contributed by atoms with Gasteiger partial charge in [0.2, 0.25) is 0 Å². The van der Waals surface area contributed by atoms with Crippen molar-refractivity contribution in [3.05, 3.63) is 0 Å². The highest BCUT2D eigenvalue weighted by atomic mass is 16.1. The summed E-state index contributed by atoms with van der Waals surface area (Å²) in [5, 5.41) is 2.78. The van der Waals surface area contributed by atoms with Crippen LogP contribution in [0.15, 0.2) is 0 Å². The average Bonchev–Trinajstić information content (AvgIpc) is 2.35. The summed E-state index contributed by atoms with van der Waals surface area (Å²) >= 11 is 0. The third-order valence-electron chi connectivity index (χ3n) is 2.16. The molecule has 0 aromatic heterocycles. The van der Waals surface area contributed by atoms with E-state index in [1.807, 2.05) is 0 Å². The molecule has 0 radical (unpaired) electrons. The predicted octanol–water partition coefficient (Wildman–Crippen LogP) is 0.924. The first-order valence-electron chi connectivity index (χ1n) is 3.99. The number of carbonyl (C=O) groups is 1. The molecule has 60 valence electrons. The van der Waals surface area contributed by atoms with E-state index in [0.29, 0.717) is 6.04 Å². The molecule has 0 spiro atoms. The molecule has 0 heterocycles. The van der Waals surface area contributed by atoms with Crippen LogP contribution in [0.1, 0.15) is 26.2 Å². The molecule has 2 unspecified atom stereocenters. The minimum absolute atomic E-state index is 0.274. The summed E-state index contributed by atoms with van der Waals surface area (Å²) in [6.07, 6.45) is 8.28. The molecule has 2 heteroatoms. The molecule has 11 heavy (non-hydrogen) atoms. The Morgan fingerprint density at radius 1 is 1.64 bits per heavy atom. The van der Waals surface area contributed by atoms with Crippen molar-refractivity contribution in [1.82, 2.24) is 5.32 Å². The third kappa shape index (κ3) is 2.27. The number of hydrogen-bond donors (Lipinski definition) is 1. The molecule has 2 nitrogen and oxygen atoms in total. The van der Waals surface area contributed by atoms with Crippen molar-refractivity contribution >= 4 is 5.91 Å². The van der Waals surface area contributed by atoms with E-state index in [2.05, 4.69) is 18.2 Å². The Morgan fingerprint density at radius 3 is 2.82 bits per heavy atom. The zero-order chi connectivity index (χ0) is 8.27. The Bertz CT molecular complexity index is 192. The van der Waals surface area contributed by atoms with Crippen molar-refractivity contribution in [2.45, 2.75) is 32.2 Å². The SMILES string of the molecule is C#CC(=O)NC1CCC(C)C1. The Hall–Kier alpha value is -0.970. The molecular weight excluding hydrogens is 138 g/mol. The maximum Gasteiger partial charge on any atom is 0.295 e. The normalized spacial score (nSPS) is 29.5. The first-order valence-corrected chi connectivity index (χ1v) is 3.99. The van der Waals surface area contributed by atoms with Crippen molar-refractivity contribution in [2.24, 2.45) is 5.92 Å². The number of terminal acetylenes is 1. The largest absolute Gasteiger partial charge is 0.343 e. The lowest BCUT2D eigenvalue weighted by atomic mass is 10.1. The summed E-state index contributed by atoms with van der Waals surface area (Å²) in [4.78, 5) is 10.7. The third-order valence-corrected chi connectivity index (χ3v) is 2.16. The maximum absolute atomic E-state index is 10.7. The lowest BCUT2D eigenvalue weighted by Crippen LogP contribution is -2.31. The molecule has 0 aromatic rings. The molecule has 1 fully saturated rings. The van der Waals surface area contributed by atoms with E-state index in [1.54, 1.807) is 0 Å². The highest BCUT2D eigenvalue weighted by molar-refractivity contribution is 5.93. The second-order valence-electron chi connectivity index (χ2n) is 3.23. The summed E-state index contributed by atoms with van der Waals surface area (Å²) in [5.74, 6) is 2.52. The van der Waals surface area contributed by atoms with Gasteiger partial charge in [-0.05, 0) is 31.1 Å². The average molecular weight is 151 g/mol. The molecule has 1 amide bonds. The number of rotatable bonds is 1. The second-order valence-corrected chi connectivity index (χ2v) is 3.23. The highest BCUT2D eigenvalue weighted by Gasteiger charge is 2.21. The summed E-state index contributed by atoms with van der Waals surface area (Å²) < 4.78 is 0. The lowest BCUT2D eigenvalue weighted by Gasteiger charge is -2.08. The van der Waals surface area contributed by atoms with Gasteiger partial charge < -0.3 is 5.32 Å². The molecule has 0 saturated heterocycles. The topological polar surface area (TPSA) is 29.1 Å². The van der Waals surface area contributed by atoms with Crippen LogP contribution in [0.2, 0.25) is 0 Å². The molecule has 1 saturated carbocycles. The van der Waals surface area contributed by atoms with Gasteiger partial charge >= 0.3 is 0 Å². The summed E-state index contributed by atoms with van der Waals surface area (Å²) in [6, 6.07) is 0.327. The van der Waals surface area contributed by atoms with Crippen LogP contribution in [0.3, 0.4) is 0 Å². The van der Waals surface area contributed by atoms with E-state index in [9.17, 15) is 4.79 Å². The van der Waals surface area contributed by atoms with Gasteiger partial charge in [-0.25, -0.2) is 0 Å². The fourth-order valence-electron chi connectivity index (χ4n) is 1.57. The van der Waals surface area contributed by atoms with E-state index < -0.39 is 0 Å². The van der Waals surface area contributed by atoms with Crippen LogP contribution in [0, 0.1) is 18.3 Å². The standard InChI is InChI=1S/C9H13NO/c1-3-9(11)10-8-5-4-7(2)6-8/h1,7-8H,4-6H2,2H3,(H,10,11). The quantitative estimate of drug-likeness (QED) is 0.555. The molecule has 0 bridgehead atoms. The first-order chi connectivity index (χ1) is 5.22. The van der Waals surface area contributed by atoms with Crippen LogP contribution >= 0.6 is 0 Å². The van der Waals surface area contributed by atoms with Gasteiger partial charge in [0.05, 0.1) is 0 Å². The van der Waals surface area contributed by atoms with Crippen LogP contribution < -0.4 is 5.32 Å². The van der Waals surface area contributed by atoms with Gasteiger partial charge in [0.1, 0.15) is 0 Å². The van der Waals surface area contributed by atoms with Crippen LogP contribution in [0.4, 0.5) is 0 Å². The van der Waals surface area contributed by atoms with Gasteiger partial charge in [0, 0.05) is 6.04 Å². The number of carbonyl (C=O) groups excluding carboxylic acids is 1. The minimum Gasteiger partial charge on any atom is -0.343 e. The molecule has 0 aliphatic heterocycles. The van der Waals surface area contributed by atoms with E-state index in [-0.39, 0.29) is 5.91 Å². The number of hydrogen-bond acceptors (Lipinski definition) is 1. The molecule has 1 aliphatic rings. The van der Waals surface area contributed by atoms with E-state index >= 15 is 0 Å². The first kappa shape index (κ1) is 8.13. The second kappa shape index (κ2) is 3.43. The van der Waals surface area contributed by atoms with Crippen molar-refractivity contribution in [3.8, 4) is 12.3 Å². The van der Waals surface area contributed by atoms with Crippen LogP contribution in [0.25, 0.3) is 0 Å². The fourth-order valence-corrected chi connectivity index (χ4v) is 1.57. The van der Waals surface area contributed by atoms with Crippen molar-refractivity contribution in [1.29, 1.82) is 0 Å². The van der Waals surface area contributed by atoms with Gasteiger partial charge in [-0.1, -0.05) is 6.92 Å². The van der Waals surface area contributed by atoms with Crippen molar-refractivity contribution in [3.63, 3.8) is 0 Å². The zero-order valence-corrected chi connectivity index (χ0v) is 6.76. The number of amides is 1. The Labute approximate surface area is 67.4 Å². The van der Waals surface area contributed by atoms with E-state index in [4.69, 9.17) is 6.42 Å². The van der Waals surface area contributed by atoms with Crippen molar-refractivity contribution in [2.75, 3.05) is 0 Å². The molecule has 1 aliphatic carbocycles. The lowest BCUT2D eigenvalue weighted by molar-refractivity contribution is -0.116. The maximum atomic E-state index is 10.7. The van der Waals surface area contributed by atoms with Crippen LogP contribution in [0.5, 0.6) is 0 Å². The van der Waals surface area contributed by atoms with Crippen LogP contribution in [-0.2, 0) is 4.79 Å². The van der Waals surface area contributed by atoms with E-state index in [0.717, 1.165) is 18.8 Å². The summed E-state index contributed by atoms with van der Waals surface area (Å²) in [7, 11) is 0. The number of nitrogens with one attached hydrogen (secondary N) is 1. The molecule has 0 aromatic carbocycles. The van der Waals surface area contributed by atoms with Gasteiger partial charge in [-0.15, -0.1) is 6.42 Å². The predicted molar refractivity (Wildman–Crippen MR) is 43.8 cm³/mol. The molecular formula is C9H13NO. The molecule has 1 N–H and O–H groups in total. The fraction of sp³-hybridized carbons (Fsp3) is 0.667. The van der Waals surface area contributed by atoms with Gasteiger partial charge in [0.15, 0.2) is 0 Å². The van der Waals surface area contributed by atoms with Gasteiger partial charge in [-0.2, -0.15) is 0 Å². The smallest absolute Gasteiger partial charge is 0.295 e. The molecule has 1 rings (SSSR count). The van der Waals surface area contributed by atoms with Gasteiger partial charge in [0.25, 0.3) is 5.91 Å². The Kier molecular flexibility index (Phi) is 2.53. The van der Waals surface area contributed by atoms with Crippen LogP contribution in [-0.4, -0.2) is 11.9 Å². The monoisotopic (exact) mass is 151 g/mol. The highest BCUT2D eigenvalue weighted by Crippen LogP contribution is 2.24. The Balaban J connectivity index is 2.30. The van der Waals surface area contributed by atoms with Gasteiger partial charge in [-0.3, -0.25) is 4.79 Å².